The fourth-order valence-corrected chi connectivity index (χ4v) is 3.91. The molecule has 14 heavy (non-hydrogen) atoms. The molecule has 0 aromatic rings. The van der Waals surface area contributed by atoms with E-state index in [-0.39, 0.29) is 0 Å². The lowest BCUT2D eigenvalue weighted by Gasteiger charge is -2.24. The summed E-state index contributed by atoms with van der Waals surface area (Å²) in [5, 5.41) is 0.815. The SMILES string of the molecule is C1CCOC(C2CCCCCS2)CC1. The van der Waals surface area contributed by atoms with Gasteiger partial charge in [-0.25, -0.2) is 0 Å². The van der Waals surface area contributed by atoms with Crippen molar-refractivity contribution in [3.05, 3.63) is 0 Å². The van der Waals surface area contributed by atoms with Crippen molar-refractivity contribution in [2.24, 2.45) is 0 Å². The smallest absolute Gasteiger partial charge is 0.0693 e. The molecule has 2 fully saturated rings. The Labute approximate surface area is 92.0 Å². The van der Waals surface area contributed by atoms with Crippen LogP contribution in [-0.2, 0) is 4.74 Å². The summed E-state index contributed by atoms with van der Waals surface area (Å²) < 4.78 is 5.98. The quantitative estimate of drug-likeness (QED) is 0.659. The van der Waals surface area contributed by atoms with Gasteiger partial charge in [-0.3, -0.25) is 0 Å². The summed E-state index contributed by atoms with van der Waals surface area (Å²) >= 11 is 2.17. The topological polar surface area (TPSA) is 9.23 Å². The van der Waals surface area contributed by atoms with Crippen molar-refractivity contribution < 1.29 is 4.74 Å². The van der Waals surface area contributed by atoms with Gasteiger partial charge in [0.05, 0.1) is 6.10 Å². The van der Waals surface area contributed by atoms with Crippen molar-refractivity contribution in [2.75, 3.05) is 12.4 Å². The van der Waals surface area contributed by atoms with Gasteiger partial charge in [0.2, 0.25) is 0 Å². The first-order valence-electron chi connectivity index (χ1n) is 6.20. The highest BCUT2D eigenvalue weighted by atomic mass is 32.2. The van der Waals surface area contributed by atoms with Crippen LogP contribution < -0.4 is 0 Å². The Kier molecular flexibility index (Phi) is 4.65. The van der Waals surface area contributed by atoms with Crippen LogP contribution in [0.1, 0.15) is 51.4 Å². The predicted octanol–water partition coefficient (Wildman–Crippen LogP) is 3.62. The molecule has 1 nitrogen and oxygen atoms in total. The van der Waals surface area contributed by atoms with Gasteiger partial charge in [0.15, 0.2) is 0 Å². The molecular weight excluding hydrogens is 192 g/mol. The zero-order valence-corrected chi connectivity index (χ0v) is 9.86. The third kappa shape index (κ3) is 3.16. The highest BCUT2D eigenvalue weighted by Gasteiger charge is 2.24. The minimum atomic E-state index is 0.584. The van der Waals surface area contributed by atoms with E-state index in [1.54, 1.807) is 0 Å². The van der Waals surface area contributed by atoms with Crippen molar-refractivity contribution in [3.63, 3.8) is 0 Å². The number of thioether (sulfide) groups is 1. The van der Waals surface area contributed by atoms with E-state index < -0.39 is 0 Å². The second-order valence-electron chi connectivity index (χ2n) is 4.52. The van der Waals surface area contributed by atoms with Crippen LogP contribution >= 0.6 is 11.8 Å². The summed E-state index contributed by atoms with van der Waals surface area (Å²) in [6.07, 6.45) is 11.7. The molecule has 0 N–H and O–H groups in total. The Morgan fingerprint density at radius 2 is 1.71 bits per heavy atom. The first-order valence-corrected chi connectivity index (χ1v) is 7.25. The fraction of sp³-hybridized carbons (Fsp3) is 1.00. The number of hydrogen-bond acceptors (Lipinski definition) is 2. The summed E-state index contributed by atoms with van der Waals surface area (Å²) in [7, 11) is 0. The molecule has 82 valence electrons. The maximum atomic E-state index is 5.98. The summed E-state index contributed by atoms with van der Waals surface area (Å²) in [6.45, 7) is 1.02. The van der Waals surface area contributed by atoms with E-state index in [2.05, 4.69) is 11.8 Å². The predicted molar refractivity (Wildman–Crippen MR) is 62.9 cm³/mol. The van der Waals surface area contributed by atoms with Crippen molar-refractivity contribution in [2.45, 2.75) is 62.7 Å². The van der Waals surface area contributed by atoms with Gasteiger partial charge in [-0.1, -0.05) is 25.7 Å². The second kappa shape index (κ2) is 6.02. The Morgan fingerprint density at radius 3 is 2.71 bits per heavy atom. The Hall–Kier alpha value is 0.310. The van der Waals surface area contributed by atoms with Crippen LogP contribution in [0.4, 0.5) is 0 Å². The lowest BCUT2D eigenvalue weighted by atomic mass is 10.0. The first kappa shape index (κ1) is 10.8. The van der Waals surface area contributed by atoms with Crippen LogP contribution in [0, 0.1) is 0 Å². The minimum absolute atomic E-state index is 0.584. The van der Waals surface area contributed by atoms with Crippen molar-refractivity contribution in [1.29, 1.82) is 0 Å². The lowest BCUT2D eigenvalue weighted by molar-refractivity contribution is 0.0556. The Bertz CT molecular complexity index is 126. The van der Waals surface area contributed by atoms with Gasteiger partial charge in [0.1, 0.15) is 0 Å². The maximum Gasteiger partial charge on any atom is 0.0693 e. The first-order chi connectivity index (χ1) is 6.97. The van der Waals surface area contributed by atoms with E-state index in [9.17, 15) is 0 Å². The molecule has 0 bridgehead atoms. The standard InChI is InChI=1S/C12H22OS/c1-3-7-11(13-9-5-1)12-8-4-2-6-10-14-12/h11-12H,1-10H2. The van der Waals surface area contributed by atoms with E-state index in [0.717, 1.165) is 11.9 Å². The molecule has 2 unspecified atom stereocenters. The van der Waals surface area contributed by atoms with Crippen LogP contribution in [0.15, 0.2) is 0 Å². The zero-order valence-electron chi connectivity index (χ0n) is 9.04. The molecule has 0 radical (unpaired) electrons. The monoisotopic (exact) mass is 214 g/mol. The molecule has 2 rings (SSSR count). The highest BCUT2D eigenvalue weighted by molar-refractivity contribution is 7.99. The van der Waals surface area contributed by atoms with Gasteiger partial charge in [0, 0.05) is 11.9 Å². The number of rotatable bonds is 1. The lowest BCUT2D eigenvalue weighted by Crippen LogP contribution is -2.25. The molecule has 2 atom stereocenters. The van der Waals surface area contributed by atoms with Crippen LogP contribution in [-0.4, -0.2) is 23.7 Å². The van der Waals surface area contributed by atoms with Crippen molar-refractivity contribution in [1.82, 2.24) is 0 Å². The third-order valence-corrected chi connectivity index (χ3v) is 4.84. The van der Waals surface area contributed by atoms with Gasteiger partial charge in [0.25, 0.3) is 0 Å². The number of ether oxygens (including phenoxy) is 1. The molecule has 0 aromatic heterocycles. The third-order valence-electron chi connectivity index (χ3n) is 3.34. The Balaban J connectivity index is 1.83. The van der Waals surface area contributed by atoms with Gasteiger partial charge in [-0.05, 0) is 31.4 Å². The molecule has 2 heteroatoms. The second-order valence-corrected chi connectivity index (χ2v) is 5.86. The number of hydrogen-bond donors (Lipinski definition) is 0. The molecule has 0 amide bonds. The summed E-state index contributed by atoms with van der Waals surface area (Å²) in [5.74, 6) is 1.37. The summed E-state index contributed by atoms with van der Waals surface area (Å²) in [6, 6.07) is 0. The molecule has 0 aliphatic carbocycles. The fourth-order valence-electron chi connectivity index (χ4n) is 2.47. The minimum Gasteiger partial charge on any atom is -0.377 e. The molecule has 2 saturated heterocycles. The largest absolute Gasteiger partial charge is 0.377 e. The normalized spacial score (nSPS) is 36.0. The van der Waals surface area contributed by atoms with Crippen LogP contribution in [0.2, 0.25) is 0 Å². The van der Waals surface area contributed by atoms with Gasteiger partial charge in [-0.15, -0.1) is 0 Å². The molecule has 2 heterocycles. The van der Waals surface area contributed by atoms with E-state index in [1.807, 2.05) is 0 Å². The van der Waals surface area contributed by atoms with Crippen molar-refractivity contribution in [3.8, 4) is 0 Å². The molecule has 0 aromatic carbocycles. The summed E-state index contributed by atoms with van der Waals surface area (Å²) in [5.41, 5.74) is 0. The van der Waals surface area contributed by atoms with Gasteiger partial charge >= 0.3 is 0 Å². The van der Waals surface area contributed by atoms with Crippen LogP contribution in [0.5, 0.6) is 0 Å². The van der Waals surface area contributed by atoms with Crippen molar-refractivity contribution >= 4 is 11.8 Å². The molecular formula is C12H22OS. The molecule has 0 spiro atoms. The van der Waals surface area contributed by atoms with Gasteiger partial charge in [-0.2, -0.15) is 11.8 Å². The van der Waals surface area contributed by atoms with Crippen LogP contribution in [0.25, 0.3) is 0 Å². The molecule has 2 aliphatic heterocycles. The maximum absolute atomic E-state index is 5.98. The molecule has 0 saturated carbocycles. The van der Waals surface area contributed by atoms with E-state index in [1.165, 1.54) is 57.1 Å². The summed E-state index contributed by atoms with van der Waals surface area (Å²) in [4.78, 5) is 0. The van der Waals surface area contributed by atoms with E-state index in [0.29, 0.717) is 6.10 Å². The van der Waals surface area contributed by atoms with Crippen LogP contribution in [0.3, 0.4) is 0 Å². The highest BCUT2D eigenvalue weighted by Crippen LogP contribution is 2.31. The Morgan fingerprint density at radius 1 is 0.857 bits per heavy atom. The zero-order chi connectivity index (χ0) is 9.64. The van der Waals surface area contributed by atoms with E-state index >= 15 is 0 Å². The average Bonchev–Trinajstić information content (AvgIpc) is 2.62. The average molecular weight is 214 g/mol. The molecule has 2 aliphatic rings. The van der Waals surface area contributed by atoms with Gasteiger partial charge < -0.3 is 4.74 Å². The van der Waals surface area contributed by atoms with E-state index in [4.69, 9.17) is 4.74 Å².